The first kappa shape index (κ1) is 16.0. The zero-order chi connectivity index (χ0) is 16.9. The van der Waals surface area contributed by atoms with E-state index in [0.29, 0.717) is 19.4 Å². The lowest BCUT2D eigenvalue weighted by Crippen LogP contribution is -2.33. The van der Waals surface area contributed by atoms with Crippen molar-refractivity contribution >= 4 is 11.9 Å². The second kappa shape index (κ2) is 7.16. The summed E-state index contributed by atoms with van der Waals surface area (Å²) in [5.41, 5.74) is 1.95. The van der Waals surface area contributed by atoms with E-state index in [1.54, 1.807) is 19.6 Å². The molecule has 1 saturated heterocycles. The van der Waals surface area contributed by atoms with Crippen LogP contribution in [0.5, 0.6) is 5.75 Å². The van der Waals surface area contributed by atoms with Gasteiger partial charge in [-0.3, -0.25) is 9.69 Å². The van der Waals surface area contributed by atoms with Crippen molar-refractivity contribution in [2.75, 3.05) is 13.7 Å². The molecule has 1 aliphatic rings. The van der Waals surface area contributed by atoms with Gasteiger partial charge in [-0.25, -0.2) is 9.78 Å². The second-order valence-corrected chi connectivity index (χ2v) is 5.73. The summed E-state index contributed by atoms with van der Waals surface area (Å²) in [4.78, 5) is 32.5. The molecular weight excluding hydrogens is 308 g/mol. The maximum atomic E-state index is 12.4. The smallest absolute Gasteiger partial charge is 0.324 e. The number of benzene rings is 1. The number of carbonyl (C=O) groups excluding carboxylic acids is 2. The highest BCUT2D eigenvalue weighted by molar-refractivity contribution is 6.04. The normalized spacial score (nSPS) is 17.2. The molecule has 1 aromatic carbocycles. The Kier molecular flexibility index (Phi) is 4.79. The fourth-order valence-electron chi connectivity index (χ4n) is 2.81. The number of ether oxygens (including phenoxy) is 1. The van der Waals surface area contributed by atoms with Crippen molar-refractivity contribution in [2.24, 2.45) is 0 Å². The van der Waals surface area contributed by atoms with Crippen LogP contribution < -0.4 is 10.1 Å². The average Bonchev–Trinajstić information content (AvgIpc) is 3.19. The molecule has 3 amide bonds. The molecule has 1 fully saturated rings. The van der Waals surface area contributed by atoms with E-state index in [-0.39, 0.29) is 11.9 Å². The van der Waals surface area contributed by atoms with E-state index < -0.39 is 6.04 Å². The van der Waals surface area contributed by atoms with Crippen LogP contribution in [0.3, 0.4) is 0 Å². The number of carbonyl (C=O) groups is 2. The molecule has 3 rings (SSSR count). The van der Waals surface area contributed by atoms with Gasteiger partial charge in [-0.15, -0.1) is 0 Å². The summed E-state index contributed by atoms with van der Waals surface area (Å²) >= 11 is 0. The molecule has 0 saturated carbocycles. The maximum Gasteiger partial charge on any atom is 0.324 e. The predicted octanol–water partition coefficient (Wildman–Crippen LogP) is 1.51. The van der Waals surface area contributed by atoms with Crippen LogP contribution in [0.15, 0.2) is 36.8 Å². The molecule has 2 aromatic rings. The molecule has 1 atom stereocenters. The molecule has 0 aliphatic carbocycles. The van der Waals surface area contributed by atoms with Crippen LogP contribution >= 0.6 is 0 Å². The molecule has 0 radical (unpaired) electrons. The summed E-state index contributed by atoms with van der Waals surface area (Å²) in [6.07, 6.45) is 5.13. The molecular formula is C17H20N4O3. The number of hydrogen-bond acceptors (Lipinski definition) is 4. The third kappa shape index (κ3) is 3.56. The monoisotopic (exact) mass is 328 g/mol. The van der Waals surface area contributed by atoms with E-state index in [2.05, 4.69) is 15.3 Å². The number of amides is 3. The Bertz CT molecular complexity index is 714. The molecule has 126 valence electrons. The molecule has 24 heavy (non-hydrogen) atoms. The number of methoxy groups -OCH3 is 1. The lowest BCUT2D eigenvalue weighted by molar-refractivity contribution is -0.127. The molecule has 7 nitrogen and oxygen atoms in total. The Hall–Kier alpha value is -2.83. The Balaban J connectivity index is 1.53. The van der Waals surface area contributed by atoms with Crippen molar-refractivity contribution < 1.29 is 14.3 Å². The van der Waals surface area contributed by atoms with Gasteiger partial charge in [0.25, 0.3) is 5.91 Å². The Morgan fingerprint density at radius 2 is 2.21 bits per heavy atom. The molecule has 2 heterocycles. The van der Waals surface area contributed by atoms with E-state index in [4.69, 9.17) is 4.74 Å². The highest BCUT2D eigenvalue weighted by Crippen LogP contribution is 2.15. The number of H-pyrrole nitrogens is 1. The highest BCUT2D eigenvalue weighted by atomic mass is 16.5. The van der Waals surface area contributed by atoms with Crippen molar-refractivity contribution in [3.63, 3.8) is 0 Å². The standard InChI is InChI=1S/C17H20N4O3/c1-24-14-6-2-4-12(8-14)5-3-7-21-16(22)15(20-17(21)23)9-13-10-18-11-19-13/h2,4,6,8,10-11,15H,3,5,7,9H2,1H3,(H,18,19)(H,20,23)/t15-/m0/s1. The van der Waals surface area contributed by atoms with Crippen LogP contribution in [0.25, 0.3) is 0 Å². The van der Waals surface area contributed by atoms with Crippen molar-refractivity contribution in [1.82, 2.24) is 20.2 Å². The average molecular weight is 328 g/mol. The molecule has 0 unspecified atom stereocenters. The topological polar surface area (TPSA) is 87.3 Å². The van der Waals surface area contributed by atoms with Crippen LogP contribution in [0.2, 0.25) is 0 Å². The van der Waals surface area contributed by atoms with Gasteiger partial charge in [-0.1, -0.05) is 12.1 Å². The fraction of sp³-hybridized carbons (Fsp3) is 0.353. The number of aromatic amines is 1. The number of aromatic nitrogens is 2. The van der Waals surface area contributed by atoms with Gasteiger partial charge < -0.3 is 15.0 Å². The van der Waals surface area contributed by atoms with Crippen LogP contribution in [-0.4, -0.2) is 46.5 Å². The largest absolute Gasteiger partial charge is 0.497 e. The minimum absolute atomic E-state index is 0.180. The van der Waals surface area contributed by atoms with Gasteiger partial charge in [0, 0.05) is 24.9 Å². The summed E-state index contributed by atoms with van der Waals surface area (Å²) in [5.74, 6) is 0.627. The number of nitrogens with zero attached hydrogens (tertiary/aromatic N) is 2. The van der Waals surface area contributed by atoms with Gasteiger partial charge in [0.1, 0.15) is 11.8 Å². The minimum atomic E-state index is -0.519. The predicted molar refractivity (Wildman–Crippen MR) is 87.6 cm³/mol. The minimum Gasteiger partial charge on any atom is -0.497 e. The van der Waals surface area contributed by atoms with E-state index in [1.807, 2.05) is 24.3 Å². The Morgan fingerprint density at radius 3 is 2.96 bits per heavy atom. The van der Waals surface area contributed by atoms with E-state index in [1.165, 1.54) is 4.90 Å². The maximum absolute atomic E-state index is 12.4. The van der Waals surface area contributed by atoms with Crippen LogP contribution in [0, 0.1) is 0 Å². The number of rotatable bonds is 7. The van der Waals surface area contributed by atoms with Crippen LogP contribution in [0.4, 0.5) is 4.79 Å². The van der Waals surface area contributed by atoms with E-state index in [0.717, 1.165) is 23.4 Å². The van der Waals surface area contributed by atoms with Gasteiger partial charge in [0.2, 0.25) is 0 Å². The van der Waals surface area contributed by atoms with Crippen molar-refractivity contribution in [3.8, 4) is 5.75 Å². The first-order valence-electron chi connectivity index (χ1n) is 7.89. The van der Waals surface area contributed by atoms with Crippen molar-refractivity contribution in [1.29, 1.82) is 0 Å². The van der Waals surface area contributed by atoms with E-state index >= 15 is 0 Å². The molecule has 2 N–H and O–H groups in total. The summed E-state index contributed by atoms with van der Waals surface area (Å²) in [7, 11) is 1.63. The quantitative estimate of drug-likeness (QED) is 0.754. The highest BCUT2D eigenvalue weighted by Gasteiger charge is 2.37. The molecule has 7 heteroatoms. The van der Waals surface area contributed by atoms with E-state index in [9.17, 15) is 9.59 Å². The number of imide groups is 1. The summed E-state index contributed by atoms with van der Waals surface area (Å²) < 4.78 is 5.20. The number of hydrogen-bond donors (Lipinski definition) is 2. The summed E-state index contributed by atoms with van der Waals surface area (Å²) in [6, 6.07) is 6.95. The fourth-order valence-corrected chi connectivity index (χ4v) is 2.81. The number of nitrogens with one attached hydrogen (secondary N) is 2. The van der Waals surface area contributed by atoms with Crippen LogP contribution in [-0.2, 0) is 17.6 Å². The van der Waals surface area contributed by atoms with Gasteiger partial charge >= 0.3 is 6.03 Å². The molecule has 0 bridgehead atoms. The Morgan fingerprint density at radius 1 is 1.33 bits per heavy atom. The lowest BCUT2D eigenvalue weighted by atomic mass is 10.1. The third-order valence-electron chi connectivity index (χ3n) is 4.07. The van der Waals surface area contributed by atoms with Gasteiger partial charge in [0.05, 0.1) is 13.4 Å². The van der Waals surface area contributed by atoms with Crippen molar-refractivity contribution in [2.45, 2.75) is 25.3 Å². The second-order valence-electron chi connectivity index (χ2n) is 5.73. The molecule has 1 aromatic heterocycles. The van der Waals surface area contributed by atoms with Crippen molar-refractivity contribution in [3.05, 3.63) is 48.0 Å². The van der Waals surface area contributed by atoms with Gasteiger partial charge in [-0.05, 0) is 30.5 Å². The first-order chi connectivity index (χ1) is 11.7. The molecule has 0 spiro atoms. The zero-order valence-electron chi connectivity index (χ0n) is 13.5. The van der Waals surface area contributed by atoms with Crippen LogP contribution in [0.1, 0.15) is 17.7 Å². The third-order valence-corrected chi connectivity index (χ3v) is 4.07. The van der Waals surface area contributed by atoms with Gasteiger partial charge in [-0.2, -0.15) is 0 Å². The number of urea groups is 1. The summed E-state index contributed by atoms with van der Waals surface area (Å²) in [6.45, 7) is 0.404. The van der Waals surface area contributed by atoms with Gasteiger partial charge in [0.15, 0.2) is 0 Å². The lowest BCUT2D eigenvalue weighted by Gasteiger charge is -2.13. The first-order valence-corrected chi connectivity index (χ1v) is 7.89. The zero-order valence-corrected chi connectivity index (χ0v) is 13.5. The molecule has 1 aliphatic heterocycles. The number of imidazole rings is 1. The summed E-state index contributed by atoms with van der Waals surface area (Å²) in [5, 5.41) is 2.73. The SMILES string of the molecule is COc1cccc(CCCN2C(=O)N[C@@H](Cc3cnc[nH]3)C2=O)c1. The Labute approximate surface area is 140 Å². The number of aryl methyl sites for hydroxylation is 1.